The van der Waals surface area contributed by atoms with Gasteiger partial charge in [0.05, 0.1) is 12.6 Å². The molecule has 0 atom stereocenters. The summed E-state index contributed by atoms with van der Waals surface area (Å²) in [6.45, 7) is 1.25. The summed E-state index contributed by atoms with van der Waals surface area (Å²) >= 11 is 0. The molecule has 0 aromatic rings. The molecule has 0 aliphatic carbocycles. The molecule has 1 fully saturated rings. The van der Waals surface area contributed by atoms with Crippen molar-refractivity contribution in [1.82, 2.24) is 4.90 Å². The van der Waals surface area contributed by atoms with E-state index in [4.69, 9.17) is 5.26 Å². The molecule has 1 aliphatic rings. The summed E-state index contributed by atoms with van der Waals surface area (Å²) in [5, 5.41) is 8.28. The Balaban J connectivity index is 2.23. The van der Waals surface area contributed by atoms with Crippen LogP contribution in [-0.2, 0) is 0 Å². The molecule has 1 heterocycles. The lowest BCUT2D eigenvalue weighted by molar-refractivity contribution is -0.0639. The first-order chi connectivity index (χ1) is 6.14. The topological polar surface area (TPSA) is 27.0 Å². The smallest absolute Gasteiger partial charge is 0.260 e. The van der Waals surface area contributed by atoms with Crippen LogP contribution in [0, 0.1) is 11.3 Å². The Morgan fingerprint density at radius 1 is 1.46 bits per heavy atom. The van der Waals surface area contributed by atoms with Gasteiger partial charge in [0.25, 0.3) is 5.92 Å². The lowest BCUT2D eigenvalue weighted by Crippen LogP contribution is -2.42. The fraction of sp³-hybridized carbons (Fsp3) is 0.889. The zero-order valence-corrected chi connectivity index (χ0v) is 7.60. The van der Waals surface area contributed by atoms with Crippen LogP contribution in [0.15, 0.2) is 0 Å². The van der Waals surface area contributed by atoms with Gasteiger partial charge in [0.15, 0.2) is 0 Å². The Morgan fingerprint density at radius 3 is 2.85 bits per heavy atom. The van der Waals surface area contributed by atoms with E-state index in [1.807, 2.05) is 6.07 Å². The van der Waals surface area contributed by atoms with Crippen molar-refractivity contribution in [2.45, 2.75) is 31.6 Å². The van der Waals surface area contributed by atoms with Crippen LogP contribution < -0.4 is 0 Å². The van der Waals surface area contributed by atoms with Crippen LogP contribution in [0.25, 0.3) is 0 Å². The number of hydrogen-bond donors (Lipinski definition) is 0. The van der Waals surface area contributed by atoms with Gasteiger partial charge in [0, 0.05) is 12.8 Å². The second-order valence-corrected chi connectivity index (χ2v) is 3.50. The van der Waals surface area contributed by atoms with E-state index in [9.17, 15) is 8.78 Å². The summed E-state index contributed by atoms with van der Waals surface area (Å²) in [7, 11) is 0. The highest BCUT2D eigenvalue weighted by atomic mass is 19.3. The SMILES string of the molecule is N#CCCCN1CCCC(F)(F)C1. The number of halogens is 2. The molecule has 0 N–H and O–H groups in total. The van der Waals surface area contributed by atoms with E-state index in [0.717, 1.165) is 6.54 Å². The second-order valence-electron chi connectivity index (χ2n) is 3.50. The minimum Gasteiger partial charge on any atom is -0.297 e. The van der Waals surface area contributed by atoms with E-state index >= 15 is 0 Å². The van der Waals surface area contributed by atoms with E-state index in [0.29, 0.717) is 25.8 Å². The normalized spacial score (nSPS) is 22.5. The standard InChI is InChI=1S/C9H14F2N2/c10-9(11)4-3-7-13(8-9)6-2-1-5-12/h1-4,6-8H2. The van der Waals surface area contributed by atoms with Crippen molar-refractivity contribution in [2.75, 3.05) is 19.6 Å². The minimum absolute atomic E-state index is 0.0156. The Hall–Kier alpha value is -0.690. The van der Waals surface area contributed by atoms with Crippen molar-refractivity contribution < 1.29 is 8.78 Å². The molecular weight excluding hydrogens is 174 g/mol. The molecule has 0 spiro atoms. The van der Waals surface area contributed by atoms with Crippen LogP contribution in [0.2, 0.25) is 0 Å². The van der Waals surface area contributed by atoms with E-state index in [2.05, 4.69) is 0 Å². The highest BCUT2D eigenvalue weighted by Gasteiger charge is 2.34. The van der Waals surface area contributed by atoms with Crippen molar-refractivity contribution in [3.8, 4) is 6.07 Å². The number of nitriles is 1. The molecule has 4 heteroatoms. The molecule has 0 amide bonds. The number of likely N-dealkylation sites (tertiary alicyclic amines) is 1. The van der Waals surface area contributed by atoms with Gasteiger partial charge >= 0.3 is 0 Å². The Labute approximate surface area is 77.1 Å². The first kappa shape index (κ1) is 10.4. The summed E-state index contributed by atoms with van der Waals surface area (Å²) in [5.41, 5.74) is 0. The number of nitrogens with zero attached hydrogens (tertiary/aromatic N) is 2. The molecule has 0 radical (unpaired) electrons. The van der Waals surface area contributed by atoms with Gasteiger partial charge < -0.3 is 0 Å². The number of hydrogen-bond acceptors (Lipinski definition) is 2. The summed E-state index contributed by atoms with van der Waals surface area (Å²) < 4.78 is 25.7. The average Bonchev–Trinajstić information content (AvgIpc) is 2.03. The van der Waals surface area contributed by atoms with Gasteiger partial charge in [0.1, 0.15) is 0 Å². The van der Waals surface area contributed by atoms with E-state index in [1.165, 1.54) is 0 Å². The van der Waals surface area contributed by atoms with Crippen LogP contribution in [-0.4, -0.2) is 30.5 Å². The summed E-state index contributed by atoms with van der Waals surface area (Å²) in [5.74, 6) is -2.51. The van der Waals surface area contributed by atoms with Crippen LogP contribution >= 0.6 is 0 Å². The van der Waals surface area contributed by atoms with E-state index in [-0.39, 0.29) is 13.0 Å². The maximum atomic E-state index is 12.9. The van der Waals surface area contributed by atoms with Gasteiger partial charge in [-0.15, -0.1) is 0 Å². The molecule has 2 nitrogen and oxygen atoms in total. The van der Waals surface area contributed by atoms with Gasteiger partial charge in [-0.2, -0.15) is 5.26 Å². The van der Waals surface area contributed by atoms with Gasteiger partial charge in [-0.3, -0.25) is 4.90 Å². The van der Waals surface area contributed by atoms with Gasteiger partial charge in [-0.05, 0) is 25.9 Å². The third-order valence-electron chi connectivity index (χ3n) is 2.23. The van der Waals surface area contributed by atoms with Crippen LogP contribution in [0.4, 0.5) is 8.78 Å². The van der Waals surface area contributed by atoms with Crippen molar-refractivity contribution >= 4 is 0 Å². The van der Waals surface area contributed by atoms with Crippen molar-refractivity contribution in [1.29, 1.82) is 5.26 Å². The number of rotatable bonds is 3. The first-order valence-corrected chi connectivity index (χ1v) is 4.61. The van der Waals surface area contributed by atoms with Gasteiger partial charge in [-0.25, -0.2) is 8.78 Å². The molecule has 0 unspecified atom stereocenters. The monoisotopic (exact) mass is 188 g/mol. The molecule has 0 bridgehead atoms. The van der Waals surface area contributed by atoms with Crippen LogP contribution in [0.5, 0.6) is 0 Å². The predicted molar refractivity (Wildman–Crippen MR) is 45.5 cm³/mol. The van der Waals surface area contributed by atoms with Crippen molar-refractivity contribution in [3.63, 3.8) is 0 Å². The lowest BCUT2D eigenvalue weighted by atomic mass is 10.1. The average molecular weight is 188 g/mol. The summed E-state index contributed by atoms with van der Waals surface area (Å²) in [4.78, 5) is 1.75. The number of alkyl halides is 2. The first-order valence-electron chi connectivity index (χ1n) is 4.61. The van der Waals surface area contributed by atoms with Crippen LogP contribution in [0.1, 0.15) is 25.7 Å². The maximum absolute atomic E-state index is 12.9. The molecule has 1 aliphatic heterocycles. The molecule has 0 aromatic carbocycles. The van der Waals surface area contributed by atoms with Gasteiger partial charge in [-0.1, -0.05) is 0 Å². The van der Waals surface area contributed by atoms with Gasteiger partial charge in [0.2, 0.25) is 0 Å². The molecule has 1 rings (SSSR count). The molecule has 1 saturated heterocycles. The summed E-state index contributed by atoms with van der Waals surface area (Å²) in [6.07, 6.45) is 1.75. The second kappa shape index (κ2) is 4.52. The van der Waals surface area contributed by atoms with E-state index < -0.39 is 5.92 Å². The third-order valence-corrected chi connectivity index (χ3v) is 2.23. The summed E-state index contributed by atoms with van der Waals surface area (Å²) in [6, 6.07) is 2.01. The third kappa shape index (κ3) is 3.69. The largest absolute Gasteiger partial charge is 0.297 e. The molecular formula is C9H14F2N2. The fourth-order valence-electron chi connectivity index (χ4n) is 1.62. The Morgan fingerprint density at radius 2 is 2.23 bits per heavy atom. The maximum Gasteiger partial charge on any atom is 0.260 e. The molecule has 74 valence electrons. The van der Waals surface area contributed by atoms with Crippen molar-refractivity contribution in [3.05, 3.63) is 0 Å². The zero-order chi connectivity index (χ0) is 9.73. The predicted octanol–water partition coefficient (Wildman–Crippen LogP) is 2.02. The number of piperidine rings is 1. The highest BCUT2D eigenvalue weighted by Crippen LogP contribution is 2.26. The molecule has 13 heavy (non-hydrogen) atoms. The highest BCUT2D eigenvalue weighted by molar-refractivity contribution is 4.79. The lowest BCUT2D eigenvalue weighted by Gasteiger charge is -2.32. The Bertz CT molecular complexity index is 198. The van der Waals surface area contributed by atoms with Crippen LogP contribution in [0.3, 0.4) is 0 Å². The molecule has 0 saturated carbocycles. The fourth-order valence-corrected chi connectivity index (χ4v) is 1.62. The quantitative estimate of drug-likeness (QED) is 0.633. The Kier molecular flexibility index (Phi) is 3.61. The van der Waals surface area contributed by atoms with E-state index in [1.54, 1.807) is 4.90 Å². The minimum atomic E-state index is -2.51. The zero-order valence-electron chi connectivity index (χ0n) is 7.60. The molecule has 0 aromatic heterocycles. The van der Waals surface area contributed by atoms with Crippen molar-refractivity contribution in [2.24, 2.45) is 0 Å². The number of unbranched alkanes of at least 4 members (excludes halogenated alkanes) is 1.